The molecule has 18 aromatic rings. The molecule has 2 amide bonds. The zero-order valence-electron chi connectivity index (χ0n) is 61.4. The predicted molar refractivity (Wildman–Crippen MR) is 455 cm³/mol. The van der Waals surface area contributed by atoms with Gasteiger partial charge in [0.1, 0.15) is 46.6 Å². The average Bonchev–Trinajstić information content (AvgIpc) is 1.20. The van der Waals surface area contributed by atoms with Crippen molar-refractivity contribution in [2.45, 2.75) is 74.7 Å². The van der Waals surface area contributed by atoms with Crippen molar-refractivity contribution < 1.29 is 19.1 Å². The lowest BCUT2D eigenvalue weighted by atomic mass is 10.1. The molecule has 21 rings (SSSR count). The molecule has 14 heterocycles. The number of imidazole rings is 3. The van der Waals surface area contributed by atoms with E-state index in [0.717, 1.165) is 192 Å². The van der Waals surface area contributed by atoms with Gasteiger partial charge < -0.3 is 40.3 Å². The number of aryl methyl sites for hydroxylation is 8. The summed E-state index contributed by atoms with van der Waals surface area (Å²) < 4.78 is 5.05. The minimum Gasteiger partial charge on any atom is -0.426 e. The number of nitrogens with one attached hydrogen (secondary N) is 7. The maximum absolute atomic E-state index is 11.2. The Kier molecular flexibility index (Phi) is 22.3. The van der Waals surface area contributed by atoms with Gasteiger partial charge in [0.2, 0.25) is 17.4 Å². The Morgan fingerprint density at radius 1 is 0.330 bits per heavy atom. The van der Waals surface area contributed by atoms with Crippen LogP contribution >= 0.6 is 79.4 Å². The van der Waals surface area contributed by atoms with Crippen LogP contribution in [0.2, 0.25) is 0 Å². The van der Waals surface area contributed by atoms with Crippen molar-refractivity contribution in [3.8, 4) is 79.7 Å². The molecule has 0 radical (unpaired) electrons. The van der Waals surface area contributed by atoms with Gasteiger partial charge in [0, 0.05) is 145 Å². The number of anilines is 2. The number of esters is 1. The van der Waals surface area contributed by atoms with E-state index >= 15 is 0 Å². The number of fused-ring (bicyclic) bond motifs is 7. The number of aromatic amines is 5. The Morgan fingerprint density at radius 2 is 0.759 bits per heavy atom. The smallest absolute Gasteiger partial charge is 0.323 e. The standard InChI is InChI=1S/C13H10N2OS.C12H11N3S.2C12H10N2OS.C12H9NO2S.C11H9N3OS.C11H9N3S/c1-8-7-17-13(14-8)10-2-4-11-9(6-10)3-5-12(16)15-11;1-7-6-16-12(13-7)9-3-4-10-11(5-9)15-8(2)14-10;1-7-6-16-12(13-7)9-3-2-8-5-11(15)14-10(8)4-9;1-7-6-16-12(13-7)8-2-3-10-9(4-8)5-11(15)14-10;1-7-6-16-12(13-7)8-2-3-10-9(4-8)5-11(14)15-10;1-6-5-16-10(12-6)7-2-3-8-9(4-7)14-11(15)13-8;1-7-5-15-11(14-7)8-2-3-9-10(4-8)13-6-12-9/h2-7H,1H3,(H,15,16);3-6H,1-2H3,(H,14,15);2*2-4,6H,5H2,1H3,(H,14,15);2-4,6H,5H2,1H3;2-5H,1H3,(H2,13,14,15);2-6H,1H3,(H,12,13). The second kappa shape index (κ2) is 33.2. The normalized spacial score (nSPS) is 12.2. The molecule has 0 aliphatic carbocycles. The molecule has 0 spiro atoms. The highest BCUT2D eigenvalue weighted by molar-refractivity contribution is 7.15. The summed E-state index contributed by atoms with van der Waals surface area (Å²) in [4.78, 5) is 110. The lowest BCUT2D eigenvalue weighted by molar-refractivity contribution is -0.132. The Bertz CT molecular complexity index is 6410. The number of nitrogens with zero attached hydrogens (tertiary/aromatic N) is 9. The first-order valence-electron chi connectivity index (χ1n) is 35.1. The van der Waals surface area contributed by atoms with E-state index < -0.39 is 0 Å². The van der Waals surface area contributed by atoms with Crippen molar-refractivity contribution >= 4 is 153 Å². The van der Waals surface area contributed by atoms with Gasteiger partial charge in [-0.3, -0.25) is 19.2 Å². The van der Waals surface area contributed by atoms with E-state index in [2.05, 4.69) is 115 Å². The van der Waals surface area contributed by atoms with Crippen LogP contribution in [-0.4, -0.2) is 87.6 Å². The number of hydrogen-bond donors (Lipinski definition) is 7. The quantitative estimate of drug-likeness (QED) is 0.0576. The van der Waals surface area contributed by atoms with Gasteiger partial charge in [0.25, 0.3) is 0 Å². The first-order chi connectivity index (χ1) is 54.1. The fourth-order valence-corrected chi connectivity index (χ4v) is 17.7. The number of H-pyrrole nitrogens is 5. The number of carbonyl (C=O) groups excluding carboxylic acids is 3. The van der Waals surface area contributed by atoms with Gasteiger partial charge in [-0.2, -0.15) is 0 Å². The first kappa shape index (κ1) is 75.2. The largest absolute Gasteiger partial charge is 0.426 e. The molecular weight excluding hydrogens is 1540 g/mol. The highest BCUT2D eigenvalue weighted by Crippen LogP contribution is 2.36. The molecular formula is C83H68N16O6S7. The monoisotopic (exact) mass is 1610 g/mol. The highest BCUT2D eigenvalue weighted by Gasteiger charge is 2.23. The molecule has 22 nitrogen and oxygen atoms in total. The van der Waals surface area contributed by atoms with Crippen LogP contribution in [0, 0.1) is 55.4 Å². The number of amides is 2. The summed E-state index contributed by atoms with van der Waals surface area (Å²) in [5.74, 6) is 1.59. The van der Waals surface area contributed by atoms with E-state index in [4.69, 9.17) is 4.74 Å². The molecule has 558 valence electrons. The number of ether oxygens (including phenoxy) is 1. The van der Waals surface area contributed by atoms with E-state index in [1.807, 2.05) is 191 Å². The van der Waals surface area contributed by atoms with Crippen molar-refractivity contribution in [2.75, 3.05) is 10.6 Å². The van der Waals surface area contributed by atoms with Crippen molar-refractivity contribution in [2.24, 2.45) is 0 Å². The van der Waals surface area contributed by atoms with Crippen LogP contribution < -0.4 is 26.6 Å². The van der Waals surface area contributed by atoms with Crippen molar-refractivity contribution in [3.05, 3.63) is 267 Å². The lowest BCUT2D eigenvalue weighted by Gasteiger charge is -2.01. The second-order valence-corrected chi connectivity index (χ2v) is 32.4. The van der Waals surface area contributed by atoms with Crippen LogP contribution in [0.3, 0.4) is 0 Å². The first-order valence-corrected chi connectivity index (χ1v) is 41.2. The van der Waals surface area contributed by atoms with Gasteiger partial charge in [-0.1, -0.05) is 12.1 Å². The Hall–Kier alpha value is -12.2. The molecule has 0 fully saturated rings. The van der Waals surface area contributed by atoms with E-state index in [9.17, 15) is 24.0 Å². The zero-order valence-corrected chi connectivity index (χ0v) is 67.1. The molecule has 0 unspecified atom stereocenters. The number of hydrogen-bond acceptors (Lipinski definition) is 22. The molecule has 3 aliphatic heterocycles. The van der Waals surface area contributed by atoms with E-state index in [1.54, 1.807) is 91.8 Å². The Morgan fingerprint density at radius 3 is 1.30 bits per heavy atom. The van der Waals surface area contributed by atoms with E-state index in [1.165, 1.54) is 0 Å². The van der Waals surface area contributed by atoms with Crippen molar-refractivity contribution in [3.63, 3.8) is 0 Å². The third-order valence-corrected chi connectivity index (χ3v) is 24.5. The van der Waals surface area contributed by atoms with Gasteiger partial charge in [0.15, 0.2) is 0 Å². The van der Waals surface area contributed by atoms with Gasteiger partial charge in [0.05, 0.1) is 58.7 Å². The summed E-state index contributed by atoms with van der Waals surface area (Å²) >= 11 is 11.4. The van der Waals surface area contributed by atoms with E-state index in [0.29, 0.717) is 25.0 Å². The third kappa shape index (κ3) is 18.1. The maximum Gasteiger partial charge on any atom is 0.323 e. The average molecular weight is 1610 g/mol. The molecule has 7 N–H and O–H groups in total. The molecule has 29 heteroatoms. The molecule has 0 atom stereocenters. The van der Waals surface area contributed by atoms with Crippen molar-refractivity contribution in [1.29, 1.82) is 0 Å². The Balaban J connectivity index is 0.000000103. The molecule has 0 saturated heterocycles. The van der Waals surface area contributed by atoms with Crippen LogP contribution in [0.5, 0.6) is 5.75 Å². The zero-order chi connectivity index (χ0) is 77.7. The summed E-state index contributed by atoms with van der Waals surface area (Å²) in [6.07, 6.45) is 3.05. The third-order valence-electron chi connectivity index (χ3n) is 17.4. The number of rotatable bonds is 7. The SMILES string of the molecule is Cc1csc(-c2ccc3[nH]c(=O)[nH]c3c2)n1.Cc1csc(-c2ccc3[nH]c(=O)ccc3c2)n1.Cc1csc(-c2ccc3c(c2)CC(=O)N3)n1.Cc1csc(-c2ccc3c(c2)CC(=O)O3)n1.Cc1csc(-c2ccc3c(c2)NC(=O)C3)n1.Cc1csc(-c2ccc3nc(C)[nH]c3c2)n1.Cc1csc(-c2ccc3nc[nH]c3c2)n1. The predicted octanol–water partition coefficient (Wildman–Crippen LogP) is 19.4. The second-order valence-electron chi connectivity index (χ2n) is 26.4. The highest BCUT2D eigenvalue weighted by atomic mass is 32.1. The van der Waals surface area contributed by atoms with Crippen LogP contribution in [0.15, 0.2) is 193 Å². The maximum atomic E-state index is 11.2. The van der Waals surface area contributed by atoms with Crippen molar-refractivity contribution in [1.82, 2.24) is 69.8 Å². The molecule has 7 aromatic carbocycles. The van der Waals surface area contributed by atoms with Gasteiger partial charge >= 0.3 is 11.7 Å². The van der Waals surface area contributed by atoms with E-state index in [-0.39, 0.29) is 29.0 Å². The fourth-order valence-electron chi connectivity index (χ4n) is 12.2. The molecule has 112 heavy (non-hydrogen) atoms. The lowest BCUT2D eigenvalue weighted by Crippen LogP contribution is -2.03. The van der Waals surface area contributed by atoms with Crippen LogP contribution in [-0.2, 0) is 33.6 Å². The minimum atomic E-state index is -0.178. The number of thiazole rings is 7. The van der Waals surface area contributed by atoms with Crippen LogP contribution in [0.25, 0.3) is 118 Å². The summed E-state index contributed by atoms with van der Waals surface area (Å²) in [7, 11) is 0. The number of benzene rings is 7. The van der Waals surface area contributed by atoms with Gasteiger partial charge in [-0.25, -0.2) is 49.7 Å². The van der Waals surface area contributed by atoms with Gasteiger partial charge in [-0.15, -0.1) is 79.4 Å². The molecule has 0 bridgehead atoms. The fraction of sp³-hybridized carbons (Fsp3) is 0.133. The number of aromatic nitrogens is 14. The number of pyridine rings is 1. The molecule has 0 saturated carbocycles. The topological polar surface area (TPSA) is 314 Å². The van der Waals surface area contributed by atoms with Gasteiger partial charge in [-0.05, 0) is 193 Å². The summed E-state index contributed by atoms with van der Waals surface area (Å²) in [5, 5.41) is 28.1. The summed E-state index contributed by atoms with van der Waals surface area (Å²) in [5.41, 5.74) is 26.2. The van der Waals surface area contributed by atoms with Crippen LogP contribution in [0.4, 0.5) is 11.4 Å². The summed E-state index contributed by atoms with van der Waals surface area (Å²) in [6, 6.07) is 45.3. The summed E-state index contributed by atoms with van der Waals surface area (Å²) in [6.45, 7) is 15.9. The molecule has 11 aromatic heterocycles. The number of carbonyl (C=O) groups is 3. The Labute approximate surface area is 668 Å². The molecule has 3 aliphatic rings. The van der Waals surface area contributed by atoms with Crippen LogP contribution in [0.1, 0.15) is 62.4 Å². The minimum absolute atomic E-state index is 0.0717.